The van der Waals surface area contributed by atoms with Crippen molar-refractivity contribution in [3.05, 3.63) is 64.3 Å². The molecule has 1 atom stereocenters. The van der Waals surface area contributed by atoms with Gasteiger partial charge in [0.1, 0.15) is 5.54 Å². The summed E-state index contributed by atoms with van der Waals surface area (Å²) in [6, 6.07) is 6.08. The quantitative estimate of drug-likeness (QED) is 0.663. The largest absolute Gasteiger partial charge is 0.347 e. The van der Waals surface area contributed by atoms with Gasteiger partial charge in [-0.25, -0.2) is 4.98 Å². The van der Waals surface area contributed by atoms with Crippen molar-refractivity contribution >= 4 is 39.3 Å². The number of benzene rings is 1. The van der Waals surface area contributed by atoms with E-state index in [-0.39, 0.29) is 11.3 Å². The van der Waals surface area contributed by atoms with Gasteiger partial charge in [0.15, 0.2) is 0 Å². The lowest BCUT2D eigenvalue weighted by atomic mass is 9.74. The molecule has 1 aromatic heterocycles. The molecular formula is C20H17BrN4O. The number of hydrogen-bond donors (Lipinski definition) is 1. The van der Waals surface area contributed by atoms with Crippen LogP contribution in [0, 0.1) is 0 Å². The van der Waals surface area contributed by atoms with E-state index in [1.807, 2.05) is 24.4 Å². The Labute approximate surface area is 159 Å². The number of carbonyl (C=O) groups is 1. The number of allylic oxidation sites excluding steroid dienone is 1. The van der Waals surface area contributed by atoms with E-state index in [2.05, 4.69) is 58.0 Å². The molecule has 2 aromatic rings. The normalized spacial score (nSPS) is 26.2. The minimum Gasteiger partial charge on any atom is -0.347 e. The zero-order valence-electron chi connectivity index (χ0n) is 14.5. The van der Waals surface area contributed by atoms with Gasteiger partial charge in [0.25, 0.3) is 0 Å². The summed E-state index contributed by atoms with van der Waals surface area (Å²) < 4.78 is 0.983. The second-order valence-electron chi connectivity index (χ2n) is 7.49. The molecular weight excluding hydrogens is 392 g/mol. The molecule has 1 fully saturated rings. The van der Waals surface area contributed by atoms with Gasteiger partial charge < -0.3 is 9.88 Å². The molecule has 0 saturated carbocycles. The van der Waals surface area contributed by atoms with Gasteiger partial charge in [0.05, 0.1) is 35.5 Å². The average molecular weight is 409 g/mol. The summed E-state index contributed by atoms with van der Waals surface area (Å²) in [6.07, 6.45) is 10.1. The van der Waals surface area contributed by atoms with E-state index >= 15 is 0 Å². The van der Waals surface area contributed by atoms with Gasteiger partial charge >= 0.3 is 0 Å². The van der Waals surface area contributed by atoms with Crippen LogP contribution in [0.4, 0.5) is 5.69 Å². The zero-order chi connectivity index (χ0) is 18.1. The molecule has 5 rings (SSSR count). The van der Waals surface area contributed by atoms with Crippen molar-refractivity contribution in [1.82, 2.24) is 14.9 Å². The van der Waals surface area contributed by atoms with Gasteiger partial charge in [-0.15, -0.1) is 0 Å². The van der Waals surface area contributed by atoms with Gasteiger partial charge in [-0.05, 0) is 24.3 Å². The molecule has 5 nitrogen and oxygen atoms in total. The van der Waals surface area contributed by atoms with Crippen molar-refractivity contribution in [1.29, 1.82) is 0 Å². The third-order valence-electron chi connectivity index (χ3n) is 5.51. The molecule has 0 aliphatic carbocycles. The van der Waals surface area contributed by atoms with E-state index in [1.165, 1.54) is 0 Å². The lowest BCUT2D eigenvalue weighted by molar-refractivity contribution is -0.145. The van der Waals surface area contributed by atoms with Crippen LogP contribution in [0.3, 0.4) is 0 Å². The highest BCUT2D eigenvalue weighted by molar-refractivity contribution is 9.10. The van der Waals surface area contributed by atoms with Crippen LogP contribution in [0.2, 0.25) is 0 Å². The summed E-state index contributed by atoms with van der Waals surface area (Å²) in [7, 11) is 0. The number of aliphatic imine (C=N–C) groups is 1. The van der Waals surface area contributed by atoms with E-state index in [1.54, 1.807) is 11.2 Å². The van der Waals surface area contributed by atoms with Gasteiger partial charge in [-0.1, -0.05) is 41.9 Å². The summed E-state index contributed by atoms with van der Waals surface area (Å²) in [4.78, 5) is 26.8. The Morgan fingerprint density at radius 2 is 2.12 bits per heavy atom. The summed E-state index contributed by atoms with van der Waals surface area (Å²) >= 11 is 3.52. The Bertz CT molecular complexity index is 1050. The smallest absolute Gasteiger partial charge is 0.230 e. The molecule has 0 radical (unpaired) electrons. The Morgan fingerprint density at radius 3 is 2.92 bits per heavy atom. The summed E-state index contributed by atoms with van der Waals surface area (Å²) in [5, 5.41) is 0. The van der Waals surface area contributed by atoms with E-state index in [0.29, 0.717) is 6.42 Å². The van der Waals surface area contributed by atoms with Crippen LogP contribution in [0.5, 0.6) is 0 Å². The number of rotatable bonds is 0. The topological polar surface area (TPSA) is 61.4 Å². The predicted octanol–water partition coefficient (Wildman–Crippen LogP) is 4.20. The number of nitrogens with one attached hydrogen (secondary N) is 1. The lowest BCUT2D eigenvalue weighted by Gasteiger charge is -2.49. The molecule has 0 bridgehead atoms. The molecule has 3 aliphatic rings. The van der Waals surface area contributed by atoms with E-state index in [4.69, 9.17) is 4.99 Å². The first-order chi connectivity index (χ1) is 12.4. The van der Waals surface area contributed by atoms with Gasteiger partial charge in [-0.3, -0.25) is 9.79 Å². The molecule has 6 heteroatoms. The SMILES string of the molecule is CC1(C)C=CC2=Nc3cc(Br)ccc3[C@@]23CC(=O)N3/C=C\c2nc[nH]c21. The van der Waals surface area contributed by atoms with Gasteiger partial charge in [0.2, 0.25) is 5.91 Å². The molecule has 130 valence electrons. The number of nitrogens with zero attached hydrogens (tertiary/aromatic N) is 3. The molecule has 1 aromatic carbocycles. The maximum Gasteiger partial charge on any atom is 0.230 e. The fraction of sp³-hybridized carbons (Fsp3) is 0.250. The monoisotopic (exact) mass is 408 g/mol. The number of hydrogen-bond acceptors (Lipinski definition) is 3. The van der Waals surface area contributed by atoms with Crippen LogP contribution in [-0.4, -0.2) is 26.5 Å². The maximum absolute atomic E-state index is 12.5. The predicted molar refractivity (Wildman–Crippen MR) is 104 cm³/mol. The molecule has 4 heterocycles. The Balaban J connectivity index is 1.75. The zero-order valence-corrected chi connectivity index (χ0v) is 16.0. The third-order valence-corrected chi connectivity index (χ3v) is 6.00. The number of H-pyrrole nitrogens is 1. The average Bonchev–Trinajstić information content (AvgIpc) is 3.17. The van der Waals surface area contributed by atoms with Crippen LogP contribution in [0.15, 0.2) is 52.3 Å². The Kier molecular flexibility index (Phi) is 3.05. The first-order valence-corrected chi connectivity index (χ1v) is 9.34. The molecule has 1 amide bonds. The van der Waals surface area contributed by atoms with Gasteiger partial charge in [-0.2, -0.15) is 0 Å². The number of amides is 1. The maximum atomic E-state index is 12.5. The van der Waals surface area contributed by atoms with Crippen LogP contribution < -0.4 is 0 Å². The van der Waals surface area contributed by atoms with Crippen LogP contribution in [0.1, 0.15) is 37.2 Å². The first-order valence-electron chi connectivity index (χ1n) is 8.54. The second-order valence-corrected chi connectivity index (χ2v) is 8.41. The van der Waals surface area contributed by atoms with Crippen molar-refractivity contribution in [2.45, 2.75) is 31.2 Å². The summed E-state index contributed by atoms with van der Waals surface area (Å²) in [5.41, 5.74) is 4.03. The number of halogens is 1. The fourth-order valence-electron chi connectivity index (χ4n) is 4.11. The number of aromatic amines is 1. The number of β-lactam (4-membered cyclic amide) rings is 1. The number of fused-ring (bicyclic) bond motifs is 2. The molecule has 1 spiro atoms. The molecule has 1 N–H and O–H groups in total. The van der Waals surface area contributed by atoms with E-state index in [9.17, 15) is 4.79 Å². The van der Waals surface area contributed by atoms with E-state index in [0.717, 1.165) is 32.8 Å². The number of aromatic nitrogens is 2. The van der Waals surface area contributed by atoms with Crippen molar-refractivity contribution in [3.8, 4) is 0 Å². The third kappa shape index (κ3) is 1.93. The van der Waals surface area contributed by atoms with Crippen molar-refractivity contribution in [2.24, 2.45) is 4.99 Å². The Morgan fingerprint density at radius 1 is 1.27 bits per heavy atom. The van der Waals surface area contributed by atoms with Crippen molar-refractivity contribution < 1.29 is 4.79 Å². The van der Waals surface area contributed by atoms with Crippen LogP contribution in [-0.2, 0) is 15.7 Å². The fourth-order valence-corrected chi connectivity index (χ4v) is 4.45. The van der Waals surface area contributed by atoms with Crippen LogP contribution in [0.25, 0.3) is 6.08 Å². The Hall–Kier alpha value is -2.47. The molecule has 1 saturated heterocycles. The second kappa shape index (κ2) is 5.04. The minimum absolute atomic E-state index is 0.0926. The lowest BCUT2D eigenvalue weighted by Crippen LogP contribution is -2.61. The highest BCUT2D eigenvalue weighted by Crippen LogP contribution is 2.52. The summed E-state index contributed by atoms with van der Waals surface area (Å²) in [5.74, 6) is 0.0926. The van der Waals surface area contributed by atoms with E-state index < -0.39 is 5.54 Å². The van der Waals surface area contributed by atoms with Crippen LogP contribution >= 0.6 is 15.9 Å². The van der Waals surface area contributed by atoms with Gasteiger partial charge in [0, 0.05) is 21.7 Å². The highest BCUT2D eigenvalue weighted by Gasteiger charge is 2.57. The molecule has 26 heavy (non-hydrogen) atoms. The first kappa shape index (κ1) is 15.8. The summed E-state index contributed by atoms with van der Waals surface area (Å²) in [6.45, 7) is 4.29. The number of carbonyl (C=O) groups excluding carboxylic acids is 1. The molecule has 0 unspecified atom stereocenters. The van der Waals surface area contributed by atoms with Crippen molar-refractivity contribution in [2.75, 3.05) is 0 Å². The number of imidazole rings is 1. The minimum atomic E-state index is -0.510. The van der Waals surface area contributed by atoms with Crippen molar-refractivity contribution in [3.63, 3.8) is 0 Å². The molecule has 3 aliphatic heterocycles. The highest BCUT2D eigenvalue weighted by atomic mass is 79.9. The standard InChI is InChI=1S/C20H17BrN4O/c1-19(2)7-5-16-20(13-4-3-12(21)9-15(13)24-16)10-17(26)25(20)8-6-14-18(19)23-11-22-14/h3-9,11H,10H2,1-2H3,(H,22,23)/b7-5?,8-6-/t20-/m0/s1.